The fourth-order valence-corrected chi connectivity index (χ4v) is 4.24. The third-order valence-electron chi connectivity index (χ3n) is 3.58. The van der Waals surface area contributed by atoms with Crippen molar-refractivity contribution in [1.29, 1.82) is 0 Å². The number of nitrogens with zero attached hydrogens (tertiary/aromatic N) is 2. The lowest BCUT2D eigenvalue weighted by molar-refractivity contribution is -0.143. The van der Waals surface area contributed by atoms with Gasteiger partial charge in [-0.05, 0) is 5.92 Å². The van der Waals surface area contributed by atoms with Gasteiger partial charge < -0.3 is 4.90 Å². The Morgan fingerprint density at radius 2 is 1.94 bits per heavy atom. The van der Waals surface area contributed by atoms with Gasteiger partial charge >= 0.3 is 0 Å². The summed E-state index contributed by atoms with van der Waals surface area (Å²) in [6.45, 7) is 12.7. The van der Waals surface area contributed by atoms with Crippen LogP contribution in [0, 0.1) is 11.8 Å². The molecule has 2 rings (SSSR count). The molecule has 98 valence electrons. The van der Waals surface area contributed by atoms with Crippen LogP contribution in [0.3, 0.4) is 0 Å². The number of rotatable bonds is 3. The number of carbonyl (C=O) groups excluding carboxylic acids is 1. The Morgan fingerprint density at radius 1 is 1.29 bits per heavy atom. The van der Waals surface area contributed by atoms with E-state index in [0.29, 0.717) is 11.8 Å². The highest BCUT2D eigenvalue weighted by Gasteiger charge is 2.52. The summed E-state index contributed by atoms with van der Waals surface area (Å²) in [7, 11) is 0. The largest absolute Gasteiger partial charge is 0.337 e. The molecule has 1 amide bonds. The maximum absolute atomic E-state index is 11.9. The van der Waals surface area contributed by atoms with Gasteiger partial charge in [-0.2, -0.15) is 0 Å². The first kappa shape index (κ1) is 13.2. The molecule has 17 heavy (non-hydrogen) atoms. The van der Waals surface area contributed by atoms with Crippen molar-refractivity contribution in [2.24, 2.45) is 11.8 Å². The standard InChI is InChI=1S/C13H24N2OS/c1-10(2)7-15-5-6-17-13(15)8-14(9-13)12(16)11(3)4/h10-11H,5-9H2,1-4H3. The van der Waals surface area contributed by atoms with Gasteiger partial charge in [0.05, 0.1) is 13.1 Å². The number of likely N-dealkylation sites (tertiary alicyclic amines) is 1. The Bertz CT molecular complexity index is 298. The fraction of sp³-hybridized carbons (Fsp3) is 0.923. The number of thioether (sulfide) groups is 1. The van der Waals surface area contributed by atoms with Crippen molar-refractivity contribution in [3.63, 3.8) is 0 Å². The van der Waals surface area contributed by atoms with Crippen LogP contribution in [0.1, 0.15) is 27.7 Å². The van der Waals surface area contributed by atoms with Crippen LogP contribution in [0.25, 0.3) is 0 Å². The lowest BCUT2D eigenvalue weighted by atomic mass is 10.0. The number of hydrogen-bond donors (Lipinski definition) is 0. The van der Waals surface area contributed by atoms with Crippen LogP contribution < -0.4 is 0 Å². The molecule has 0 radical (unpaired) electrons. The van der Waals surface area contributed by atoms with Crippen LogP contribution in [0.15, 0.2) is 0 Å². The minimum Gasteiger partial charge on any atom is -0.337 e. The molecule has 0 aliphatic carbocycles. The molecule has 0 aromatic rings. The van der Waals surface area contributed by atoms with Gasteiger partial charge in [0.25, 0.3) is 0 Å². The Morgan fingerprint density at radius 3 is 2.47 bits per heavy atom. The van der Waals surface area contributed by atoms with E-state index in [9.17, 15) is 4.79 Å². The van der Waals surface area contributed by atoms with Crippen molar-refractivity contribution in [3.8, 4) is 0 Å². The predicted octanol–water partition coefficient (Wildman–Crippen LogP) is 1.89. The summed E-state index contributed by atoms with van der Waals surface area (Å²) in [5.41, 5.74) is 0. The van der Waals surface area contributed by atoms with Crippen molar-refractivity contribution in [2.45, 2.75) is 32.6 Å². The zero-order chi connectivity index (χ0) is 12.6. The van der Waals surface area contributed by atoms with Crippen molar-refractivity contribution in [1.82, 2.24) is 9.80 Å². The predicted molar refractivity (Wildman–Crippen MR) is 73.0 cm³/mol. The van der Waals surface area contributed by atoms with Gasteiger partial charge in [0.15, 0.2) is 0 Å². The maximum atomic E-state index is 11.9. The molecule has 0 N–H and O–H groups in total. The van der Waals surface area contributed by atoms with Crippen molar-refractivity contribution in [3.05, 3.63) is 0 Å². The van der Waals surface area contributed by atoms with Crippen LogP contribution in [0.2, 0.25) is 0 Å². The molecule has 2 aliphatic rings. The number of carbonyl (C=O) groups is 1. The zero-order valence-corrected chi connectivity index (χ0v) is 12.2. The summed E-state index contributed by atoms with van der Waals surface area (Å²) >= 11 is 2.05. The van der Waals surface area contributed by atoms with E-state index in [1.807, 2.05) is 30.5 Å². The third kappa shape index (κ3) is 2.48. The van der Waals surface area contributed by atoms with E-state index in [4.69, 9.17) is 0 Å². The molecular formula is C13H24N2OS. The maximum Gasteiger partial charge on any atom is 0.225 e. The van der Waals surface area contributed by atoms with Gasteiger partial charge in [-0.15, -0.1) is 11.8 Å². The van der Waals surface area contributed by atoms with Gasteiger partial charge in [0.1, 0.15) is 4.87 Å². The molecule has 0 aromatic carbocycles. The summed E-state index contributed by atoms with van der Waals surface area (Å²) in [5, 5.41) is 0. The highest BCUT2D eigenvalue weighted by Crippen LogP contribution is 2.43. The SMILES string of the molecule is CC(C)CN1CCSC12CN(C(=O)C(C)C)C2. The molecule has 2 heterocycles. The van der Waals surface area contributed by atoms with Gasteiger partial charge in [-0.25, -0.2) is 0 Å². The lowest BCUT2D eigenvalue weighted by Crippen LogP contribution is -2.68. The molecular weight excluding hydrogens is 232 g/mol. The number of hydrogen-bond acceptors (Lipinski definition) is 3. The first-order valence-electron chi connectivity index (χ1n) is 6.62. The van der Waals surface area contributed by atoms with E-state index >= 15 is 0 Å². The van der Waals surface area contributed by atoms with Crippen LogP contribution >= 0.6 is 11.8 Å². The zero-order valence-electron chi connectivity index (χ0n) is 11.4. The second kappa shape index (κ2) is 4.81. The molecule has 0 bridgehead atoms. The van der Waals surface area contributed by atoms with Crippen LogP contribution in [-0.4, -0.2) is 52.5 Å². The van der Waals surface area contributed by atoms with Gasteiger partial charge in [-0.1, -0.05) is 27.7 Å². The van der Waals surface area contributed by atoms with Gasteiger partial charge in [-0.3, -0.25) is 9.69 Å². The van der Waals surface area contributed by atoms with E-state index in [2.05, 4.69) is 18.7 Å². The summed E-state index contributed by atoms with van der Waals surface area (Å²) in [5.74, 6) is 2.38. The minimum absolute atomic E-state index is 0.136. The Balaban J connectivity index is 1.93. The molecule has 3 nitrogen and oxygen atoms in total. The molecule has 2 saturated heterocycles. The molecule has 4 heteroatoms. The van der Waals surface area contributed by atoms with Crippen LogP contribution in [0.5, 0.6) is 0 Å². The third-order valence-corrected chi connectivity index (χ3v) is 5.02. The summed E-state index contributed by atoms with van der Waals surface area (Å²) in [6, 6.07) is 0. The summed E-state index contributed by atoms with van der Waals surface area (Å²) in [4.78, 5) is 16.8. The minimum atomic E-state index is 0.136. The number of amides is 1. The first-order valence-corrected chi connectivity index (χ1v) is 7.61. The van der Waals surface area contributed by atoms with Crippen molar-refractivity contribution in [2.75, 3.05) is 31.9 Å². The van der Waals surface area contributed by atoms with E-state index in [-0.39, 0.29) is 10.8 Å². The molecule has 2 aliphatic heterocycles. The van der Waals surface area contributed by atoms with Crippen LogP contribution in [-0.2, 0) is 4.79 Å². The van der Waals surface area contributed by atoms with Crippen molar-refractivity contribution >= 4 is 17.7 Å². The Labute approximate surface area is 109 Å². The average molecular weight is 256 g/mol. The lowest BCUT2D eigenvalue weighted by Gasteiger charge is -2.52. The highest BCUT2D eigenvalue weighted by molar-refractivity contribution is 8.01. The smallest absolute Gasteiger partial charge is 0.225 e. The second-order valence-corrected chi connectivity index (χ2v) is 7.44. The quantitative estimate of drug-likeness (QED) is 0.770. The van der Waals surface area contributed by atoms with E-state index in [0.717, 1.165) is 19.6 Å². The molecule has 0 saturated carbocycles. The molecule has 0 unspecified atom stereocenters. The van der Waals surface area contributed by atoms with Crippen LogP contribution in [0.4, 0.5) is 0 Å². The summed E-state index contributed by atoms with van der Waals surface area (Å²) < 4.78 is 0. The van der Waals surface area contributed by atoms with E-state index in [1.165, 1.54) is 12.3 Å². The Kier molecular flexibility index (Phi) is 3.74. The van der Waals surface area contributed by atoms with Crippen molar-refractivity contribution < 1.29 is 4.79 Å². The molecule has 0 aromatic heterocycles. The molecule has 1 spiro atoms. The monoisotopic (exact) mass is 256 g/mol. The Hall–Kier alpha value is -0.220. The molecule has 0 atom stereocenters. The topological polar surface area (TPSA) is 23.6 Å². The van der Waals surface area contributed by atoms with E-state index < -0.39 is 0 Å². The van der Waals surface area contributed by atoms with Gasteiger partial charge in [0.2, 0.25) is 5.91 Å². The van der Waals surface area contributed by atoms with E-state index in [1.54, 1.807) is 0 Å². The summed E-state index contributed by atoms with van der Waals surface area (Å²) in [6.07, 6.45) is 0. The molecule has 2 fully saturated rings. The second-order valence-electron chi connectivity index (χ2n) is 5.98. The average Bonchev–Trinajstić information content (AvgIpc) is 2.56. The highest BCUT2D eigenvalue weighted by atomic mass is 32.2. The normalized spacial score (nSPS) is 23.8. The fourth-order valence-electron chi connectivity index (χ4n) is 2.70. The first-order chi connectivity index (χ1) is 7.94. The van der Waals surface area contributed by atoms with Gasteiger partial charge in [0, 0.05) is 24.8 Å².